The summed E-state index contributed by atoms with van der Waals surface area (Å²) in [5.41, 5.74) is -0.680. The van der Waals surface area contributed by atoms with Gasteiger partial charge in [-0.3, -0.25) is 9.59 Å². The summed E-state index contributed by atoms with van der Waals surface area (Å²) in [6, 6.07) is 6.85. The van der Waals surface area contributed by atoms with Crippen molar-refractivity contribution in [2.75, 3.05) is 46.3 Å². The van der Waals surface area contributed by atoms with Crippen LogP contribution in [0, 0.1) is 0 Å². The first-order valence-electron chi connectivity index (χ1n) is 18.2. The number of unbranched alkanes of at least 4 members (excludes halogenated alkanes) is 1. The molecule has 1 atom stereocenters. The molecule has 1 aromatic carbocycles. The third-order valence-corrected chi connectivity index (χ3v) is 7.08. The van der Waals surface area contributed by atoms with Gasteiger partial charge in [0.25, 0.3) is 0 Å². The summed E-state index contributed by atoms with van der Waals surface area (Å²) >= 11 is 0. The lowest BCUT2D eigenvalue weighted by Gasteiger charge is -2.30. The van der Waals surface area contributed by atoms with E-state index in [1.54, 1.807) is 9.80 Å². The normalized spacial score (nSPS) is 12.5. The molecule has 12 nitrogen and oxygen atoms in total. The first-order valence-corrected chi connectivity index (χ1v) is 18.2. The third-order valence-electron chi connectivity index (χ3n) is 7.08. The Morgan fingerprint density at radius 1 is 0.700 bits per heavy atom. The van der Waals surface area contributed by atoms with Crippen molar-refractivity contribution in [2.24, 2.45) is 0 Å². The summed E-state index contributed by atoms with van der Waals surface area (Å²) in [4.78, 5) is 55.1. The van der Waals surface area contributed by atoms with Crippen molar-refractivity contribution in [1.29, 1.82) is 0 Å². The number of ether oxygens (including phenoxy) is 3. The van der Waals surface area contributed by atoms with Gasteiger partial charge in [-0.2, -0.15) is 0 Å². The minimum atomic E-state index is -0.720. The van der Waals surface area contributed by atoms with Gasteiger partial charge in [-0.15, -0.1) is 0 Å². The van der Waals surface area contributed by atoms with Crippen molar-refractivity contribution < 1.29 is 33.4 Å². The molecule has 0 radical (unpaired) electrons. The van der Waals surface area contributed by atoms with Crippen LogP contribution in [0.2, 0.25) is 0 Å². The maximum Gasteiger partial charge on any atom is 0.410 e. The first-order chi connectivity index (χ1) is 23.2. The van der Waals surface area contributed by atoms with Crippen LogP contribution in [0.5, 0.6) is 5.75 Å². The maximum atomic E-state index is 13.3. The van der Waals surface area contributed by atoms with Gasteiger partial charge in [0.1, 0.15) is 28.6 Å². The smallest absolute Gasteiger partial charge is 0.410 e. The molecule has 0 aliphatic carbocycles. The molecule has 0 aliphatic rings. The number of carbonyl (C=O) groups excluding carboxylic acids is 4. The van der Waals surface area contributed by atoms with Crippen LogP contribution < -0.4 is 20.7 Å². The fourth-order valence-electron chi connectivity index (χ4n) is 4.89. The average molecular weight is 706 g/mol. The topological polar surface area (TPSA) is 139 Å². The molecule has 0 aliphatic heterocycles. The lowest BCUT2D eigenvalue weighted by Crippen LogP contribution is -2.48. The number of amides is 4. The molecule has 12 heteroatoms. The minimum Gasteiger partial charge on any atom is -0.488 e. The van der Waals surface area contributed by atoms with Crippen LogP contribution in [0.15, 0.2) is 24.3 Å². The van der Waals surface area contributed by atoms with E-state index in [0.29, 0.717) is 71.2 Å². The zero-order valence-electron chi connectivity index (χ0n) is 32.8. The van der Waals surface area contributed by atoms with Gasteiger partial charge in [-0.25, -0.2) is 9.59 Å². The molecule has 0 saturated carbocycles. The highest BCUT2D eigenvalue weighted by molar-refractivity contribution is 5.87. The predicted octanol–water partition coefficient (Wildman–Crippen LogP) is 6.06. The Balaban J connectivity index is 2.82. The summed E-state index contributed by atoms with van der Waals surface area (Å²) in [5.74, 6) is 0.317. The van der Waals surface area contributed by atoms with E-state index in [-0.39, 0.29) is 23.5 Å². The van der Waals surface area contributed by atoms with Crippen LogP contribution >= 0.6 is 0 Å². The van der Waals surface area contributed by atoms with Gasteiger partial charge < -0.3 is 40.0 Å². The zero-order chi connectivity index (χ0) is 38.0. The monoisotopic (exact) mass is 706 g/mol. The van der Waals surface area contributed by atoms with Crippen molar-refractivity contribution in [1.82, 2.24) is 25.8 Å². The van der Waals surface area contributed by atoms with E-state index in [4.69, 9.17) is 14.2 Å². The largest absolute Gasteiger partial charge is 0.488 e. The second-order valence-electron chi connectivity index (χ2n) is 15.7. The molecule has 0 saturated heterocycles. The molecule has 0 bridgehead atoms. The van der Waals surface area contributed by atoms with E-state index in [2.05, 4.69) is 16.0 Å². The van der Waals surface area contributed by atoms with Gasteiger partial charge in [0.05, 0.1) is 0 Å². The Morgan fingerprint density at radius 2 is 1.22 bits per heavy atom. The van der Waals surface area contributed by atoms with Gasteiger partial charge >= 0.3 is 12.2 Å². The molecule has 0 unspecified atom stereocenters. The molecule has 0 aromatic heterocycles. The second-order valence-corrected chi connectivity index (χ2v) is 15.7. The van der Waals surface area contributed by atoms with E-state index in [0.717, 1.165) is 24.3 Å². The first kappa shape index (κ1) is 44.5. The quantitative estimate of drug-likeness (QED) is 0.139. The Morgan fingerprint density at radius 3 is 1.70 bits per heavy atom. The number of nitrogens with one attached hydrogen (secondary N) is 3. The Labute approximate surface area is 301 Å². The minimum absolute atomic E-state index is 0.166. The summed E-state index contributed by atoms with van der Waals surface area (Å²) < 4.78 is 17.2. The molecule has 0 heterocycles. The highest BCUT2D eigenvalue weighted by Crippen LogP contribution is 2.19. The number of benzene rings is 1. The molecule has 0 fully saturated rings. The number of hydrogen-bond acceptors (Lipinski definition) is 8. The van der Waals surface area contributed by atoms with Crippen LogP contribution in [0.25, 0.3) is 0 Å². The molecule has 0 spiro atoms. The van der Waals surface area contributed by atoms with Crippen LogP contribution in [0.4, 0.5) is 9.59 Å². The van der Waals surface area contributed by atoms with Crippen LogP contribution in [0.3, 0.4) is 0 Å². The van der Waals surface area contributed by atoms with Gasteiger partial charge in [0.2, 0.25) is 11.8 Å². The van der Waals surface area contributed by atoms with Crippen LogP contribution in [-0.2, 0) is 25.5 Å². The number of carbonyl (C=O) groups is 4. The van der Waals surface area contributed by atoms with Gasteiger partial charge in [-0.1, -0.05) is 19.1 Å². The lowest BCUT2D eigenvalue weighted by molar-refractivity contribution is -0.129. The number of rotatable bonds is 20. The highest BCUT2D eigenvalue weighted by Gasteiger charge is 2.25. The third kappa shape index (κ3) is 20.9. The lowest BCUT2D eigenvalue weighted by atomic mass is 10.0. The van der Waals surface area contributed by atoms with E-state index in [1.807, 2.05) is 101 Å². The van der Waals surface area contributed by atoms with Crippen molar-refractivity contribution in [3.05, 3.63) is 29.8 Å². The fraction of sp³-hybridized carbons (Fsp3) is 0.737. The molecule has 1 rings (SSSR count). The van der Waals surface area contributed by atoms with Crippen molar-refractivity contribution in [3.8, 4) is 5.75 Å². The molecule has 50 heavy (non-hydrogen) atoms. The fourth-order valence-corrected chi connectivity index (χ4v) is 4.89. The van der Waals surface area contributed by atoms with E-state index >= 15 is 0 Å². The van der Waals surface area contributed by atoms with Gasteiger partial charge in [-0.05, 0) is 126 Å². The summed E-state index contributed by atoms with van der Waals surface area (Å²) in [6.45, 7) is 21.8. The molecule has 4 amide bonds. The Bertz CT molecular complexity index is 1170. The van der Waals surface area contributed by atoms with E-state index in [1.165, 1.54) is 0 Å². The summed E-state index contributed by atoms with van der Waals surface area (Å²) in [5, 5.41) is 8.96. The predicted molar refractivity (Wildman–Crippen MR) is 198 cm³/mol. The summed E-state index contributed by atoms with van der Waals surface area (Å²) in [7, 11) is 1.87. The van der Waals surface area contributed by atoms with Gasteiger partial charge in [0.15, 0.2) is 0 Å². The highest BCUT2D eigenvalue weighted by atomic mass is 16.6. The van der Waals surface area contributed by atoms with Crippen molar-refractivity contribution in [2.45, 2.75) is 137 Å². The van der Waals surface area contributed by atoms with Gasteiger partial charge in [0, 0.05) is 45.6 Å². The molecule has 3 N–H and O–H groups in total. The molecule has 1 aromatic rings. The van der Waals surface area contributed by atoms with Crippen LogP contribution in [-0.4, -0.2) is 103 Å². The van der Waals surface area contributed by atoms with E-state index in [9.17, 15) is 19.2 Å². The van der Waals surface area contributed by atoms with E-state index < -0.39 is 23.3 Å². The van der Waals surface area contributed by atoms with Crippen LogP contribution in [0.1, 0.15) is 113 Å². The average Bonchev–Trinajstić information content (AvgIpc) is 2.97. The molecule has 286 valence electrons. The van der Waals surface area contributed by atoms with Crippen molar-refractivity contribution in [3.63, 3.8) is 0 Å². The standard InChI is InChI=1S/C38H67N5O7/c1-12-17-32(44)41-31(28-29-18-20-30(21-19-29)48-36(2,3)4)33(45)40-23-13-14-24-42(34(46)49-37(5,6)7)26-16-27-43(25-15-22-39-11)35(47)50-38(8,9)10/h18-21,31,39H,12-17,22-28H2,1-11H3,(H,40,45)(H,41,44)/t31-/m0/s1. The maximum absolute atomic E-state index is 13.3. The summed E-state index contributed by atoms with van der Waals surface area (Å²) in [6.07, 6.45) is 3.15. The molecular weight excluding hydrogens is 638 g/mol. The number of hydrogen-bond donors (Lipinski definition) is 3. The Kier molecular flexibility index (Phi) is 19.2. The number of nitrogens with zero attached hydrogens (tertiary/aromatic N) is 2. The Hall–Kier alpha value is -3.54. The second kappa shape index (κ2) is 21.6. The zero-order valence-corrected chi connectivity index (χ0v) is 32.8. The SMILES string of the molecule is CCCC(=O)N[C@@H](Cc1ccc(OC(C)(C)C)cc1)C(=O)NCCCCN(CCCN(CCCNC)C(=O)OC(C)(C)C)C(=O)OC(C)(C)C. The molecular formula is C38H67N5O7. The van der Waals surface area contributed by atoms with Crippen molar-refractivity contribution >= 4 is 24.0 Å².